The number of nitrogens with one attached hydrogen (secondary N) is 1. The third-order valence-corrected chi connectivity index (χ3v) is 5.23. The lowest BCUT2D eigenvalue weighted by Crippen LogP contribution is -2.44. The van der Waals surface area contributed by atoms with Gasteiger partial charge in [-0.15, -0.1) is 0 Å². The molecule has 0 aromatic heterocycles. The van der Waals surface area contributed by atoms with Gasteiger partial charge in [0.25, 0.3) is 5.91 Å². The Morgan fingerprint density at radius 3 is 2.61 bits per heavy atom. The first-order valence-electron chi connectivity index (χ1n) is 10.3. The minimum Gasteiger partial charge on any atom is -0.491 e. The van der Waals surface area contributed by atoms with E-state index < -0.39 is 6.10 Å². The van der Waals surface area contributed by atoms with Crippen molar-refractivity contribution in [2.75, 3.05) is 6.61 Å². The number of benzene rings is 2. The second kappa shape index (κ2) is 9.63. The molecule has 0 spiro atoms. The van der Waals surface area contributed by atoms with Crippen molar-refractivity contribution in [3.8, 4) is 11.5 Å². The number of ether oxygens (including phenoxy) is 2. The number of fused-ring (bicyclic) bond motifs is 1. The quantitative estimate of drug-likeness (QED) is 0.726. The van der Waals surface area contributed by atoms with E-state index in [1.165, 1.54) is 24.0 Å². The zero-order valence-corrected chi connectivity index (χ0v) is 17.2. The molecule has 0 heterocycles. The van der Waals surface area contributed by atoms with Gasteiger partial charge >= 0.3 is 0 Å². The van der Waals surface area contributed by atoms with Gasteiger partial charge in [-0.3, -0.25) is 4.79 Å². The maximum Gasteiger partial charge on any atom is 0.261 e. The van der Waals surface area contributed by atoms with Gasteiger partial charge in [-0.25, -0.2) is 0 Å². The van der Waals surface area contributed by atoms with Gasteiger partial charge in [0, 0.05) is 0 Å². The molecule has 0 unspecified atom stereocenters. The number of amides is 1. The van der Waals surface area contributed by atoms with E-state index in [9.17, 15) is 4.79 Å². The molecule has 0 fully saturated rings. The minimum absolute atomic E-state index is 0.0962. The highest BCUT2D eigenvalue weighted by molar-refractivity contribution is 5.81. The summed E-state index contributed by atoms with van der Waals surface area (Å²) in [5.74, 6) is 1.54. The first-order chi connectivity index (χ1) is 13.6. The van der Waals surface area contributed by atoms with Crippen molar-refractivity contribution in [3.63, 3.8) is 0 Å². The summed E-state index contributed by atoms with van der Waals surface area (Å²) in [6.07, 6.45) is 4.85. The SMILES string of the molecule is CC[C@@H](Oc1ccc2c(c1)CCCC2)C(=O)N[C@@H](C)COc1ccccc1C. The Morgan fingerprint density at radius 2 is 1.86 bits per heavy atom. The molecule has 0 bridgehead atoms. The summed E-state index contributed by atoms with van der Waals surface area (Å²) < 4.78 is 11.9. The van der Waals surface area contributed by atoms with Crippen LogP contribution in [0.3, 0.4) is 0 Å². The standard InChI is InChI=1S/C24H31NO3/c1-4-22(28-21-14-13-19-10-6-7-11-20(19)15-21)24(26)25-18(3)16-27-23-12-8-5-9-17(23)2/h5,8-9,12-15,18,22H,4,6-7,10-11,16H2,1-3H3,(H,25,26)/t18-,22+/m0/s1. The summed E-state index contributed by atoms with van der Waals surface area (Å²) in [5, 5.41) is 3.01. The summed E-state index contributed by atoms with van der Waals surface area (Å²) in [7, 11) is 0. The van der Waals surface area contributed by atoms with Crippen LogP contribution in [0, 0.1) is 6.92 Å². The first-order valence-corrected chi connectivity index (χ1v) is 10.3. The van der Waals surface area contributed by atoms with Crippen molar-refractivity contribution in [3.05, 3.63) is 59.2 Å². The number of aryl methyl sites for hydroxylation is 3. The van der Waals surface area contributed by atoms with Crippen molar-refractivity contribution in [1.29, 1.82) is 0 Å². The topological polar surface area (TPSA) is 47.6 Å². The largest absolute Gasteiger partial charge is 0.491 e. The molecule has 0 saturated carbocycles. The zero-order chi connectivity index (χ0) is 19.9. The molecule has 3 rings (SSSR count). The zero-order valence-electron chi connectivity index (χ0n) is 17.2. The van der Waals surface area contributed by atoms with E-state index in [-0.39, 0.29) is 11.9 Å². The monoisotopic (exact) mass is 381 g/mol. The third kappa shape index (κ3) is 5.28. The van der Waals surface area contributed by atoms with Gasteiger partial charge in [0.1, 0.15) is 18.1 Å². The van der Waals surface area contributed by atoms with E-state index in [2.05, 4.69) is 17.4 Å². The Bertz CT molecular complexity index is 802. The van der Waals surface area contributed by atoms with E-state index in [1.54, 1.807) is 0 Å². The number of hydrogen-bond acceptors (Lipinski definition) is 3. The van der Waals surface area contributed by atoms with Gasteiger partial charge in [-0.2, -0.15) is 0 Å². The molecule has 0 saturated heterocycles. The lowest BCUT2D eigenvalue weighted by atomic mass is 9.92. The molecule has 1 aliphatic carbocycles. The van der Waals surface area contributed by atoms with Gasteiger partial charge in [0.05, 0.1) is 6.04 Å². The molecule has 2 atom stereocenters. The average Bonchev–Trinajstić information content (AvgIpc) is 2.71. The molecule has 28 heavy (non-hydrogen) atoms. The van der Waals surface area contributed by atoms with Crippen molar-refractivity contribution >= 4 is 5.91 Å². The second-order valence-corrected chi connectivity index (χ2v) is 7.64. The molecule has 2 aromatic carbocycles. The van der Waals surface area contributed by atoms with Crippen LogP contribution in [0.5, 0.6) is 11.5 Å². The predicted octanol–water partition coefficient (Wildman–Crippen LogP) is 4.61. The van der Waals surface area contributed by atoms with Gasteiger partial charge < -0.3 is 14.8 Å². The normalized spacial score (nSPS) is 15.2. The maximum atomic E-state index is 12.7. The average molecular weight is 382 g/mol. The van der Waals surface area contributed by atoms with Gasteiger partial charge in [0.2, 0.25) is 0 Å². The Kier molecular flexibility index (Phi) is 6.96. The summed E-state index contributed by atoms with van der Waals surface area (Å²) >= 11 is 0. The fourth-order valence-electron chi connectivity index (χ4n) is 3.58. The lowest BCUT2D eigenvalue weighted by molar-refractivity contribution is -0.128. The fourth-order valence-corrected chi connectivity index (χ4v) is 3.58. The van der Waals surface area contributed by atoms with Crippen LogP contribution in [-0.4, -0.2) is 24.7 Å². The highest BCUT2D eigenvalue weighted by atomic mass is 16.5. The number of hydrogen-bond donors (Lipinski definition) is 1. The van der Waals surface area contributed by atoms with Gasteiger partial charge in [-0.05, 0) is 80.8 Å². The molecule has 4 nitrogen and oxygen atoms in total. The molecule has 4 heteroatoms. The van der Waals surface area contributed by atoms with Crippen molar-refractivity contribution < 1.29 is 14.3 Å². The molecule has 0 radical (unpaired) electrons. The van der Waals surface area contributed by atoms with Crippen molar-refractivity contribution in [2.24, 2.45) is 0 Å². The van der Waals surface area contributed by atoms with Crippen LogP contribution in [-0.2, 0) is 17.6 Å². The molecule has 150 valence electrons. The van der Waals surface area contributed by atoms with Crippen LogP contribution in [0.25, 0.3) is 0 Å². The number of rotatable bonds is 8. The number of carbonyl (C=O) groups is 1. The highest BCUT2D eigenvalue weighted by Crippen LogP contribution is 2.26. The van der Waals surface area contributed by atoms with E-state index in [1.807, 2.05) is 51.1 Å². The van der Waals surface area contributed by atoms with Crippen LogP contribution in [0.4, 0.5) is 0 Å². The van der Waals surface area contributed by atoms with Crippen LogP contribution in [0.15, 0.2) is 42.5 Å². The Hall–Kier alpha value is -2.49. The van der Waals surface area contributed by atoms with E-state index in [4.69, 9.17) is 9.47 Å². The fraction of sp³-hybridized carbons (Fsp3) is 0.458. The van der Waals surface area contributed by atoms with Crippen LogP contribution in [0.1, 0.15) is 49.8 Å². The van der Waals surface area contributed by atoms with Crippen molar-refractivity contribution in [2.45, 2.75) is 65.0 Å². The molecule has 1 N–H and O–H groups in total. The predicted molar refractivity (Wildman–Crippen MR) is 112 cm³/mol. The molecular weight excluding hydrogens is 350 g/mol. The summed E-state index contributed by atoms with van der Waals surface area (Å²) in [4.78, 5) is 12.7. The van der Waals surface area contributed by atoms with Gasteiger partial charge in [-0.1, -0.05) is 31.2 Å². The molecular formula is C24H31NO3. The van der Waals surface area contributed by atoms with E-state index in [0.717, 1.165) is 29.9 Å². The van der Waals surface area contributed by atoms with E-state index in [0.29, 0.717) is 13.0 Å². The summed E-state index contributed by atoms with van der Waals surface area (Å²) in [6.45, 7) is 6.35. The third-order valence-electron chi connectivity index (χ3n) is 5.23. The maximum absolute atomic E-state index is 12.7. The van der Waals surface area contributed by atoms with Crippen LogP contribution < -0.4 is 14.8 Å². The lowest BCUT2D eigenvalue weighted by Gasteiger charge is -2.22. The molecule has 1 aliphatic rings. The van der Waals surface area contributed by atoms with Crippen molar-refractivity contribution in [1.82, 2.24) is 5.32 Å². The first kappa shape index (κ1) is 20.2. The summed E-state index contributed by atoms with van der Waals surface area (Å²) in [5.41, 5.74) is 3.86. The van der Waals surface area contributed by atoms with Gasteiger partial charge in [0.15, 0.2) is 6.10 Å². The highest BCUT2D eigenvalue weighted by Gasteiger charge is 2.21. The Balaban J connectivity index is 1.53. The second-order valence-electron chi connectivity index (χ2n) is 7.64. The van der Waals surface area contributed by atoms with Crippen LogP contribution >= 0.6 is 0 Å². The number of para-hydroxylation sites is 1. The number of carbonyl (C=O) groups excluding carboxylic acids is 1. The molecule has 0 aliphatic heterocycles. The van der Waals surface area contributed by atoms with Crippen LogP contribution in [0.2, 0.25) is 0 Å². The Morgan fingerprint density at radius 1 is 1.11 bits per heavy atom. The molecule has 1 amide bonds. The minimum atomic E-state index is -0.498. The van der Waals surface area contributed by atoms with E-state index >= 15 is 0 Å². The smallest absolute Gasteiger partial charge is 0.261 e. The summed E-state index contributed by atoms with van der Waals surface area (Å²) in [6, 6.07) is 14.0. The Labute approximate surface area is 168 Å². The molecule has 2 aromatic rings.